The standard InChI is InChI=1S/C6H13NO4/c1-2-9-3-4-10-5-6(8)11-7/h2-5,7H2,1H3. The zero-order valence-corrected chi connectivity index (χ0v) is 6.54. The van der Waals surface area contributed by atoms with Crippen LogP contribution in [-0.4, -0.2) is 32.4 Å². The Hall–Kier alpha value is -0.650. The van der Waals surface area contributed by atoms with Crippen LogP contribution < -0.4 is 5.90 Å². The molecule has 0 unspecified atom stereocenters. The number of ether oxygens (including phenoxy) is 2. The highest BCUT2D eigenvalue weighted by atomic mass is 16.7. The minimum Gasteiger partial charge on any atom is -0.379 e. The Balaban J connectivity index is 2.95. The van der Waals surface area contributed by atoms with Crippen molar-refractivity contribution in [3.05, 3.63) is 0 Å². The summed E-state index contributed by atoms with van der Waals surface area (Å²) >= 11 is 0. The molecular formula is C6H13NO4. The van der Waals surface area contributed by atoms with E-state index < -0.39 is 5.97 Å². The molecular weight excluding hydrogens is 150 g/mol. The van der Waals surface area contributed by atoms with Crippen LogP contribution in [0.15, 0.2) is 0 Å². The van der Waals surface area contributed by atoms with Gasteiger partial charge in [0.25, 0.3) is 0 Å². The Labute approximate surface area is 65.4 Å². The van der Waals surface area contributed by atoms with Gasteiger partial charge >= 0.3 is 5.97 Å². The molecule has 0 saturated heterocycles. The smallest absolute Gasteiger partial charge is 0.350 e. The molecule has 0 aromatic carbocycles. The van der Waals surface area contributed by atoms with E-state index in [0.717, 1.165) is 0 Å². The van der Waals surface area contributed by atoms with Gasteiger partial charge in [-0.15, -0.1) is 0 Å². The van der Waals surface area contributed by atoms with Gasteiger partial charge in [0.15, 0.2) is 0 Å². The van der Waals surface area contributed by atoms with Gasteiger partial charge < -0.3 is 14.3 Å². The van der Waals surface area contributed by atoms with Gasteiger partial charge in [-0.2, -0.15) is 5.90 Å². The molecule has 0 fully saturated rings. The molecule has 0 atom stereocenters. The SMILES string of the molecule is CCOCCOCC(=O)ON. The van der Waals surface area contributed by atoms with Crippen molar-refractivity contribution in [2.24, 2.45) is 5.90 Å². The van der Waals surface area contributed by atoms with Crippen molar-refractivity contribution in [3.63, 3.8) is 0 Å². The summed E-state index contributed by atoms with van der Waals surface area (Å²) in [5, 5.41) is 0. The molecule has 0 rings (SSSR count). The molecule has 0 amide bonds. The van der Waals surface area contributed by atoms with Gasteiger partial charge in [0, 0.05) is 6.61 Å². The molecule has 0 heterocycles. The van der Waals surface area contributed by atoms with Crippen molar-refractivity contribution in [2.45, 2.75) is 6.92 Å². The number of rotatable bonds is 6. The van der Waals surface area contributed by atoms with Crippen LogP contribution in [0.1, 0.15) is 6.92 Å². The number of hydrogen-bond donors (Lipinski definition) is 1. The predicted octanol–water partition coefficient (Wildman–Crippen LogP) is -0.544. The van der Waals surface area contributed by atoms with Gasteiger partial charge in [-0.25, -0.2) is 4.79 Å². The molecule has 0 aliphatic heterocycles. The highest BCUT2D eigenvalue weighted by Crippen LogP contribution is 1.79. The lowest BCUT2D eigenvalue weighted by Crippen LogP contribution is -2.17. The average Bonchev–Trinajstić information content (AvgIpc) is 2.04. The normalized spacial score (nSPS) is 9.64. The molecule has 0 radical (unpaired) electrons. The molecule has 5 heteroatoms. The number of carbonyl (C=O) groups excluding carboxylic acids is 1. The summed E-state index contributed by atoms with van der Waals surface area (Å²) in [5.74, 6) is 3.97. The van der Waals surface area contributed by atoms with Crippen LogP contribution >= 0.6 is 0 Å². The first-order chi connectivity index (χ1) is 5.31. The van der Waals surface area contributed by atoms with Crippen molar-refractivity contribution in [2.75, 3.05) is 26.4 Å². The zero-order chi connectivity index (χ0) is 8.53. The van der Waals surface area contributed by atoms with Crippen LogP contribution in [0.5, 0.6) is 0 Å². The van der Waals surface area contributed by atoms with Gasteiger partial charge in [-0.3, -0.25) is 0 Å². The third-order valence-electron chi connectivity index (χ3n) is 0.927. The molecule has 11 heavy (non-hydrogen) atoms. The van der Waals surface area contributed by atoms with Crippen molar-refractivity contribution >= 4 is 5.97 Å². The van der Waals surface area contributed by atoms with Crippen molar-refractivity contribution in [3.8, 4) is 0 Å². The second-order valence-electron chi connectivity index (χ2n) is 1.74. The maximum atomic E-state index is 10.3. The lowest BCUT2D eigenvalue weighted by atomic mass is 10.7. The van der Waals surface area contributed by atoms with Crippen LogP contribution in [0.3, 0.4) is 0 Å². The number of nitrogens with two attached hydrogens (primary N) is 1. The summed E-state index contributed by atoms with van der Waals surface area (Å²) in [6.45, 7) is 3.26. The Morgan fingerprint density at radius 3 is 2.55 bits per heavy atom. The second-order valence-corrected chi connectivity index (χ2v) is 1.74. The minimum atomic E-state index is -0.582. The Morgan fingerprint density at radius 1 is 1.36 bits per heavy atom. The summed E-state index contributed by atoms with van der Waals surface area (Å²) < 4.78 is 9.75. The lowest BCUT2D eigenvalue weighted by molar-refractivity contribution is -0.150. The fourth-order valence-electron chi connectivity index (χ4n) is 0.452. The number of hydrogen-bond acceptors (Lipinski definition) is 5. The molecule has 0 aliphatic rings. The monoisotopic (exact) mass is 163 g/mol. The first-order valence-corrected chi connectivity index (χ1v) is 3.36. The van der Waals surface area contributed by atoms with E-state index in [-0.39, 0.29) is 6.61 Å². The van der Waals surface area contributed by atoms with Gasteiger partial charge in [0.2, 0.25) is 0 Å². The summed E-state index contributed by atoms with van der Waals surface area (Å²) in [7, 11) is 0. The first-order valence-electron chi connectivity index (χ1n) is 3.36. The highest BCUT2D eigenvalue weighted by molar-refractivity contribution is 5.70. The Morgan fingerprint density at radius 2 is 2.00 bits per heavy atom. The molecule has 66 valence electrons. The van der Waals surface area contributed by atoms with E-state index in [0.29, 0.717) is 19.8 Å². The summed E-state index contributed by atoms with van der Waals surface area (Å²) in [5.41, 5.74) is 0. The van der Waals surface area contributed by atoms with E-state index in [9.17, 15) is 4.79 Å². The van der Waals surface area contributed by atoms with Crippen LogP contribution in [0.25, 0.3) is 0 Å². The van der Waals surface area contributed by atoms with Gasteiger partial charge in [-0.1, -0.05) is 0 Å². The fraction of sp³-hybridized carbons (Fsp3) is 0.833. The van der Waals surface area contributed by atoms with Crippen LogP contribution in [0, 0.1) is 0 Å². The lowest BCUT2D eigenvalue weighted by Gasteiger charge is -2.01. The van der Waals surface area contributed by atoms with E-state index in [1.54, 1.807) is 0 Å². The topological polar surface area (TPSA) is 70.8 Å². The molecule has 5 nitrogen and oxygen atoms in total. The van der Waals surface area contributed by atoms with E-state index >= 15 is 0 Å². The highest BCUT2D eigenvalue weighted by Gasteiger charge is 1.98. The van der Waals surface area contributed by atoms with Crippen LogP contribution in [0.4, 0.5) is 0 Å². The molecule has 0 aliphatic carbocycles. The predicted molar refractivity (Wildman–Crippen MR) is 37.6 cm³/mol. The largest absolute Gasteiger partial charge is 0.379 e. The summed E-state index contributed by atoms with van der Waals surface area (Å²) in [6.07, 6.45) is 0. The Kier molecular flexibility index (Phi) is 7.02. The first kappa shape index (κ1) is 10.3. The maximum Gasteiger partial charge on any atom is 0.350 e. The van der Waals surface area contributed by atoms with E-state index in [2.05, 4.69) is 10.7 Å². The molecule has 0 aromatic rings. The van der Waals surface area contributed by atoms with E-state index in [1.807, 2.05) is 6.92 Å². The quantitative estimate of drug-likeness (QED) is 0.420. The number of carbonyl (C=O) groups is 1. The van der Waals surface area contributed by atoms with Gasteiger partial charge in [0.05, 0.1) is 13.2 Å². The second kappa shape index (κ2) is 7.46. The van der Waals surface area contributed by atoms with Gasteiger partial charge in [0.1, 0.15) is 6.61 Å². The summed E-state index contributed by atoms with van der Waals surface area (Å²) in [4.78, 5) is 14.2. The van der Waals surface area contributed by atoms with Gasteiger partial charge in [-0.05, 0) is 6.92 Å². The van der Waals surface area contributed by atoms with Crippen molar-refractivity contribution in [1.29, 1.82) is 0 Å². The zero-order valence-electron chi connectivity index (χ0n) is 6.54. The fourth-order valence-corrected chi connectivity index (χ4v) is 0.452. The van der Waals surface area contributed by atoms with Crippen LogP contribution in [-0.2, 0) is 19.1 Å². The Bertz CT molecular complexity index is 107. The van der Waals surface area contributed by atoms with Crippen molar-refractivity contribution in [1.82, 2.24) is 0 Å². The average molecular weight is 163 g/mol. The third-order valence-corrected chi connectivity index (χ3v) is 0.927. The van der Waals surface area contributed by atoms with E-state index in [4.69, 9.17) is 9.47 Å². The molecule has 0 bridgehead atoms. The molecule has 0 spiro atoms. The minimum absolute atomic E-state index is 0.121. The van der Waals surface area contributed by atoms with E-state index in [1.165, 1.54) is 0 Å². The third kappa shape index (κ3) is 7.24. The van der Waals surface area contributed by atoms with Crippen LogP contribution in [0.2, 0.25) is 0 Å². The maximum absolute atomic E-state index is 10.3. The van der Waals surface area contributed by atoms with Crippen molar-refractivity contribution < 1.29 is 19.1 Å². The molecule has 0 aromatic heterocycles. The summed E-state index contributed by atoms with van der Waals surface area (Å²) in [6, 6.07) is 0. The molecule has 0 saturated carbocycles. The molecule has 2 N–H and O–H groups in total.